The number of imide groups is 1. The summed E-state index contributed by atoms with van der Waals surface area (Å²) in [5, 5.41) is 2.17. The highest BCUT2D eigenvalue weighted by atomic mass is 16.2. The SMILES string of the molecule is Cc1ccc(-c2ccc3c(c2)c2cc(-c4ccc(C)cc4C)ccc2n3-c2cccc3c2C(=O)N(c2cccc(-c4ccccc4)c2)C3=O)c(C)c1. The summed E-state index contributed by atoms with van der Waals surface area (Å²) in [5.74, 6) is -0.642. The lowest BCUT2D eigenvalue weighted by atomic mass is 9.95. The molecule has 0 saturated heterocycles. The van der Waals surface area contributed by atoms with E-state index in [9.17, 15) is 9.59 Å². The Hall–Kier alpha value is -6.52. The number of benzene rings is 7. The van der Waals surface area contributed by atoms with Gasteiger partial charge < -0.3 is 4.57 Å². The van der Waals surface area contributed by atoms with Crippen LogP contribution >= 0.6 is 0 Å². The number of aromatic nitrogens is 1. The first-order chi connectivity index (χ1) is 25.3. The van der Waals surface area contributed by atoms with Crippen LogP contribution in [0, 0.1) is 27.7 Å². The Morgan fingerprint density at radius 2 is 1.00 bits per heavy atom. The summed E-state index contributed by atoms with van der Waals surface area (Å²) in [5.41, 5.74) is 15.5. The molecule has 7 aromatic carbocycles. The summed E-state index contributed by atoms with van der Waals surface area (Å²) in [7, 11) is 0. The van der Waals surface area contributed by atoms with Crippen LogP contribution in [0.1, 0.15) is 43.0 Å². The molecule has 0 N–H and O–H groups in total. The molecule has 0 unspecified atom stereocenters. The maximum absolute atomic E-state index is 14.5. The molecule has 0 saturated carbocycles. The summed E-state index contributed by atoms with van der Waals surface area (Å²) < 4.78 is 2.16. The molecule has 0 radical (unpaired) electrons. The van der Waals surface area contributed by atoms with Crippen molar-refractivity contribution in [1.82, 2.24) is 4.57 Å². The largest absolute Gasteiger partial charge is 0.308 e. The number of aryl methyl sites for hydroxylation is 4. The number of carbonyl (C=O) groups excluding carboxylic acids is 2. The number of rotatable bonds is 5. The first-order valence-electron chi connectivity index (χ1n) is 17.7. The standard InChI is InChI=1S/C48H36N2O2/c1-29-16-20-38(31(3)24-29)35-18-22-43-41(27-35)42-28-36(39-21-17-30(2)25-32(39)4)19-23-44(42)50(43)45-15-9-14-40-46(45)48(52)49(47(40)51)37-13-8-12-34(26-37)33-10-6-5-7-11-33/h5-28H,1-4H3. The van der Waals surface area contributed by atoms with E-state index in [2.05, 4.69) is 105 Å². The van der Waals surface area contributed by atoms with E-state index in [0.717, 1.165) is 44.1 Å². The first kappa shape index (κ1) is 31.5. The lowest BCUT2D eigenvalue weighted by Crippen LogP contribution is -2.29. The van der Waals surface area contributed by atoms with Gasteiger partial charge in [-0.25, -0.2) is 4.90 Å². The highest BCUT2D eigenvalue weighted by molar-refractivity contribution is 6.36. The molecule has 1 aliphatic heterocycles. The lowest BCUT2D eigenvalue weighted by molar-refractivity contribution is 0.0926. The third-order valence-corrected chi connectivity index (χ3v) is 10.5. The molecule has 0 bridgehead atoms. The van der Waals surface area contributed by atoms with Crippen LogP contribution in [0.15, 0.2) is 146 Å². The third-order valence-electron chi connectivity index (χ3n) is 10.5. The fraction of sp³-hybridized carbons (Fsp3) is 0.0833. The second kappa shape index (κ2) is 12.1. The minimum Gasteiger partial charge on any atom is -0.308 e. The summed E-state index contributed by atoms with van der Waals surface area (Å²) in [6, 6.07) is 49.6. The van der Waals surface area contributed by atoms with Crippen LogP contribution in [-0.4, -0.2) is 16.4 Å². The number of nitrogens with zero attached hydrogens (tertiary/aromatic N) is 2. The van der Waals surface area contributed by atoms with Crippen LogP contribution in [0.3, 0.4) is 0 Å². The van der Waals surface area contributed by atoms with Gasteiger partial charge in [-0.15, -0.1) is 0 Å². The summed E-state index contributed by atoms with van der Waals surface area (Å²) in [4.78, 5) is 30.0. The van der Waals surface area contributed by atoms with Gasteiger partial charge in [0.15, 0.2) is 0 Å². The molecule has 1 aliphatic rings. The zero-order valence-electron chi connectivity index (χ0n) is 29.6. The maximum Gasteiger partial charge on any atom is 0.268 e. The highest BCUT2D eigenvalue weighted by Crippen LogP contribution is 2.41. The smallest absolute Gasteiger partial charge is 0.268 e. The zero-order valence-corrected chi connectivity index (χ0v) is 29.6. The van der Waals surface area contributed by atoms with E-state index in [1.807, 2.05) is 66.7 Å². The lowest BCUT2D eigenvalue weighted by Gasteiger charge is -2.16. The quantitative estimate of drug-likeness (QED) is 0.171. The van der Waals surface area contributed by atoms with Gasteiger partial charge in [0, 0.05) is 10.8 Å². The molecule has 2 heterocycles. The fourth-order valence-corrected chi connectivity index (χ4v) is 8.04. The van der Waals surface area contributed by atoms with Gasteiger partial charge in [0.25, 0.3) is 11.8 Å². The molecule has 9 rings (SSSR count). The molecule has 2 amide bonds. The van der Waals surface area contributed by atoms with Crippen LogP contribution < -0.4 is 4.90 Å². The van der Waals surface area contributed by atoms with E-state index < -0.39 is 0 Å². The first-order valence-corrected chi connectivity index (χ1v) is 17.7. The van der Waals surface area contributed by atoms with Gasteiger partial charge in [0.05, 0.1) is 33.5 Å². The molecule has 1 aromatic heterocycles. The van der Waals surface area contributed by atoms with Gasteiger partial charge in [-0.05, 0) is 121 Å². The zero-order chi connectivity index (χ0) is 35.7. The second-order valence-electron chi connectivity index (χ2n) is 14.0. The molecule has 4 nitrogen and oxygen atoms in total. The Bertz CT molecular complexity index is 2660. The number of amides is 2. The van der Waals surface area contributed by atoms with Gasteiger partial charge in [-0.1, -0.05) is 108 Å². The van der Waals surface area contributed by atoms with Crippen molar-refractivity contribution in [2.45, 2.75) is 27.7 Å². The van der Waals surface area contributed by atoms with Gasteiger partial charge in [0.1, 0.15) is 0 Å². The Labute approximate surface area is 303 Å². The third kappa shape index (κ3) is 4.98. The van der Waals surface area contributed by atoms with Gasteiger partial charge in [0.2, 0.25) is 0 Å². The average Bonchev–Trinajstić information content (AvgIpc) is 3.61. The Kier molecular flexibility index (Phi) is 7.30. The van der Waals surface area contributed by atoms with Gasteiger partial charge in [-0.3, -0.25) is 9.59 Å². The van der Waals surface area contributed by atoms with E-state index in [4.69, 9.17) is 0 Å². The summed E-state index contributed by atoms with van der Waals surface area (Å²) in [6.45, 7) is 8.55. The topological polar surface area (TPSA) is 42.3 Å². The van der Waals surface area contributed by atoms with E-state index >= 15 is 0 Å². The Morgan fingerprint density at radius 3 is 1.60 bits per heavy atom. The predicted octanol–water partition coefficient (Wildman–Crippen LogP) is 11.8. The van der Waals surface area contributed by atoms with E-state index in [0.29, 0.717) is 22.5 Å². The number of hydrogen-bond donors (Lipinski definition) is 0. The number of fused-ring (bicyclic) bond motifs is 4. The van der Waals surface area contributed by atoms with Crippen molar-refractivity contribution in [1.29, 1.82) is 0 Å². The van der Waals surface area contributed by atoms with Crippen molar-refractivity contribution < 1.29 is 9.59 Å². The molecule has 0 aliphatic carbocycles. The number of carbonyl (C=O) groups is 2. The minimum absolute atomic E-state index is 0.318. The minimum atomic E-state index is -0.324. The molecule has 4 heteroatoms. The fourth-order valence-electron chi connectivity index (χ4n) is 8.04. The Morgan fingerprint density at radius 1 is 0.423 bits per heavy atom. The van der Waals surface area contributed by atoms with Crippen molar-refractivity contribution in [3.63, 3.8) is 0 Å². The van der Waals surface area contributed by atoms with E-state index in [1.54, 1.807) is 6.07 Å². The van der Waals surface area contributed by atoms with Crippen molar-refractivity contribution in [3.05, 3.63) is 179 Å². The summed E-state index contributed by atoms with van der Waals surface area (Å²) >= 11 is 0. The monoisotopic (exact) mass is 672 g/mol. The summed E-state index contributed by atoms with van der Waals surface area (Å²) in [6.07, 6.45) is 0. The Balaban J connectivity index is 1.25. The normalized spacial score (nSPS) is 12.7. The van der Waals surface area contributed by atoms with Gasteiger partial charge in [-0.2, -0.15) is 0 Å². The molecule has 8 aromatic rings. The van der Waals surface area contributed by atoms with Crippen LogP contribution in [0.2, 0.25) is 0 Å². The molecular weight excluding hydrogens is 637 g/mol. The molecular formula is C48H36N2O2. The van der Waals surface area contributed by atoms with E-state index in [-0.39, 0.29) is 11.8 Å². The second-order valence-corrected chi connectivity index (χ2v) is 14.0. The van der Waals surface area contributed by atoms with Crippen LogP contribution in [0.4, 0.5) is 5.69 Å². The maximum atomic E-state index is 14.5. The molecule has 52 heavy (non-hydrogen) atoms. The molecule has 0 atom stereocenters. The van der Waals surface area contributed by atoms with Crippen molar-refractivity contribution in [3.8, 4) is 39.1 Å². The average molecular weight is 673 g/mol. The molecule has 250 valence electrons. The van der Waals surface area contributed by atoms with Crippen molar-refractivity contribution >= 4 is 39.3 Å². The van der Waals surface area contributed by atoms with Crippen molar-refractivity contribution in [2.24, 2.45) is 0 Å². The molecule has 0 fully saturated rings. The van der Waals surface area contributed by atoms with Crippen LogP contribution in [0.25, 0.3) is 60.9 Å². The highest BCUT2D eigenvalue weighted by Gasteiger charge is 2.39. The van der Waals surface area contributed by atoms with E-state index in [1.165, 1.54) is 38.3 Å². The van der Waals surface area contributed by atoms with Crippen molar-refractivity contribution in [2.75, 3.05) is 4.90 Å². The predicted molar refractivity (Wildman–Crippen MR) is 214 cm³/mol. The molecule has 0 spiro atoms. The number of hydrogen-bond acceptors (Lipinski definition) is 2. The van der Waals surface area contributed by atoms with Crippen LogP contribution in [-0.2, 0) is 0 Å². The van der Waals surface area contributed by atoms with Crippen LogP contribution in [0.5, 0.6) is 0 Å². The number of anilines is 1. The van der Waals surface area contributed by atoms with Gasteiger partial charge >= 0.3 is 0 Å².